The molecule has 4 heterocycles. The van der Waals surface area contributed by atoms with Gasteiger partial charge in [-0.1, -0.05) is 0 Å². The first kappa shape index (κ1) is 22.6. The fourth-order valence-corrected chi connectivity index (χ4v) is 5.09. The molecule has 0 aliphatic carbocycles. The van der Waals surface area contributed by atoms with E-state index in [0.29, 0.717) is 29.4 Å². The Kier molecular flexibility index (Phi) is 7.29. The van der Waals surface area contributed by atoms with E-state index in [0.717, 1.165) is 51.0 Å². The van der Waals surface area contributed by atoms with E-state index in [9.17, 15) is 4.79 Å². The van der Waals surface area contributed by atoms with Gasteiger partial charge in [0, 0.05) is 36.8 Å². The lowest BCUT2D eigenvalue weighted by molar-refractivity contribution is 0.0896. The van der Waals surface area contributed by atoms with Crippen molar-refractivity contribution >= 4 is 28.3 Å². The van der Waals surface area contributed by atoms with Crippen LogP contribution in [0.15, 0.2) is 17.6 Å². The topological polar surface area (TPSA) is 110 Å². The molecule has 2 saturated heterocycles. The zero-order chi connectivity index (χ0) is 22.5. The summed E-state index contributed by atoms with van der Waals surface area (Å²) >= 11 is 1.36. The van der Waals surface area contributed by atoms with Gasteiger partial charge in [-0.05, 0) is 52.1 Å². The maximum Gasteiger partial charge on any atom is 0.271 e. The lowest BCUT2D eigenvalue weighted by Gasteiger charge is -2.34. The molecular formula is C22H30N8OS. The van der Waals surface area contributed by atoms with E-state index in [1.165, 1.54) is 11.3 Å². The van der Waals surface area contributed by atoms with Gasteiger partial charge in [-0.25, -0.2) is 15.0 Å². The van der Waals surface area contributed by atoms with Gasteiger partial charge >= 0.3 is 0 Å². The SMILES string of the molecule is CC(C)N1CCC(NC(=O)c2csc(Nc3nccc(C4CCCN4CC#N)n3)n2)CC1. The van der Waals surface area contributed by atoms with E-state index in [1.807, 2.05) is 6.07 Å². The average molecular weight is 455 g/mol. The van der Waals surface area contributed by atoms with Crippen molar-refractivity contribution in [3.8, 4) is 6.07 Å². The van der Waals surface area contributed by atoms with Gasteiger partial charge < -0.3 is 15.5 Å². The molecule has 0 aromatic carbocycles. The average Bonchev–Trinajstić information content (AvgIpc) is 3.44. The second-order valence-electron chi connectivity index (χ2n) is 8.63. The maximum atomic E-state index is 12.6. The standard InChI is InChI=1S/C22H30N8OS/c1-15(2)29-11-6-16(7-12-29)25-20(31)18-14-32-22(27-18)28-21-24-9-5-17(26-21)19-4-3-10-30(19)13-8-23/h5,9,14-16,19H,3-4,6-7,10-13H2,1-2H3,(H,25,31)(H,24,26,27,28). The number of amides is 1. The van der Waals surface area contributed by atoms with Crippen LogP contribution in [-0.2, 0) is 0 Å². The third-order valence-corrected chi connectivity index (χ3v) is 6.96. The molecule has 32 heavy (non-hydrogen) atoms. The summed E-state index contributed by atoms with van der Waals surface area (Å²) in [5, 5.41) is 17.6. The highest BCUT2D eigenvalue weighted by Gasteiger charge is 2.27. The number of anilines is 2. The van der Waals surface area contributed by atoms with Gasteiger partial charge in [0.25, 0.3) is 5.91 Å². The largest absolute Gasteiger partial charge is 0.348 e. The number of nitrogens with zero attached hydrogens (tertiary/aromatic N) is 6. The Hall–Kier alpha value is -2.61. The van der Waals surface area contributed by atoms with Gasteiger partial charge in [0.2, 0.25) is 5.95 Å². The molecule has 4 rings (SSSR count). The zero-order valence-electron chi connectivity index (χ0n) is 18.6. The molecule has 0 spiro atoms. The molecule has 2 aromatic heterocycles. The van der Waals surface area contributed by atoms with Crippen LogP contribution in [0.3, 0.4) is 0 Å². The van der Waals surface area contributed by atoms with Crippen LogP contribution in [0.2, 0.25) is 0 Å². The van der Waals surface area contributed by atoms with E-state index >= 15 is 0 Å². The molecular weight excluding hydrogens is 424 g/mol. The summed E-state index contributed by atoms with van der Waals surface area (Å²) < 4.78 is 0. The zero-order valence-corrected chi connectivity index (χ0v) is 19.4. The van der Waals surface area contributed by atoms with Crippen LogP contribution in [0.4, 0.5) is 11.1 Å². The molecule has 0 saturated carbocycles. The van der Waals surface area contributed by atoms with Crippen molar-refractivity contribution in [1.82, 2.24) is 30.1 Å². The highest BCUT2D eigenvalue weighted by Crippen LogP contribution is 2.31. The van der Waals surface area contributed by atoms with Crippen LogP contribution in [-0.4, -0.2) is 68.9 Å². The number of hydrogen-bond acceptors (Lipinski definition) is 9. The number of carbonyl (C=O) groups is 1. The Labute approximate surface area is 192 Å². The monoisotopic (exact) mass is 454 g/mol. The molecule has 10 heteroatoms. The summed E-state index contributed by atoms with van der Waals surface area (Å²) in [5.41, 5.74) is 1.31. The van der Waals surface area contributed by atoms with Crippen molar-refractivity contribution in [1.29, 1.82) is 5.26 Å². The molecule has 170 valence electrons. The molecule has 9 nitrogen and oxygen atoms in total. The number of piperidine rings is 1. The van der Waals surface area contributed by atoms with Crippen LogP contribution < -0.4 is 10.6 Å². The Balaban J connectivity index is 1.34. The highest BCUT2D eigenvalue weighted by molar-refractivity contribution is 7.14. The molecule has 1 atom stereocenters. The van der Waals surface area contributed by atoms with E-state index in [2.05, 4.69) is 55.3 Å². The van der Waals surface area contributed by atoms with Gasteiger partial charge in [-0.2, -0.15) is 5.26 Å². The van der Waals surface area contributed by atoms with Gasteiger partial charge in [0.1, 0.15) is 5.69 Å². The van der Waals surface area contributed by atoms with Crippen LogP contribution in [0.25, 0.3) is 0 Å². The number of hydrogen-bond donors (Lipinski definition) is 2. The van der Waals surface area contributed by atoms with Crippen molar-refractivity contribution in [2.24, 2.45) is 0 Å². The van der Waals surface area contributed by atoms with Crippen molar-refractivity contribution in [3.05, 3.63) is 29.0 Å². The summed E-state index contributed by atoms with van der Waals surface area (Å²) in [5.74, 6) is 0.318. The van der Waals surface area contributed by atoms with E-state index in [4.69, 9.17) is 5.26 Å². The van der Waals surface area contributed by atoms with Crippen LogP contribution in [0.5, 0.6) is 0 Å². The number of carbonyl (C=O) groups excluding carboxylic acids is 1. The molecule has 1 amide bonds. The molecule has 2 aliphatic heterocycles. The first-order chi connectivity index (χ1) is 15.5. The first-order valence-electron chi connectivity index (χ1n) is 11.2. The van der Waals surface area contributed by atoms with E-state index in [-0.39, 0.29) is 18.0 Å². The second-order valence-corrected chi connectivity index (χ2v) is 9.49. The predicted molar refractivity (Wildman–Crippen MR) is 124 cm³/mol. The molecule has 2 aromatic rings. The third kappa shape index (κ3) is 5.41. The van der Waals surface area contributed by atoms with E-state index < -0.39 is 0 Å². The third-order valence-electron chi connectivity index (χ3n) is 6.21. The number of nitriles is 1. The maximum absolute atomic E-state index is 12.6. The molecule has 0 bridgehead atoms. The van der Waals surface area contributed by atoms with Crippen LogP contribution in [0, 0.1) is 11.3 Å². The van der Waals surface area contributed by atoms with Gasteiger partial charge in [-0.3, -0.25) is 9.69 Å². The van der Waals surface area contributed by atoms with Crippen molar-refractivity contribution in [2.45, 2.75) is 57.7 Å². The highest BCUT2D eigenvalue weighted by atomic mass is 32.1. The predicted octanol–water partition coefficient (Wildman–Crippen LogP) is 2.94. The smallest absolute Gasteiger partial charge is 0.271 e. The number of nitrogens with one attached hydrogen (secondary N) is 2. The lowest BCUT2D eigenvalue weighted by Crippen LogP contribution is -2.46. The minimum atomic E-state index is -0.134. The Morgan fingerprint density at radius 1 is 1.28 bits per heavy atom. The summed E-state index contributed by atoms with van der Waals surface area (Å²) in [6.45, 7) is 7.74. The molecule has 2 fully saturated rings. The molecule has 1 unspecified atom stereocenters. The Morgan fingerprint density at radius 2 is 2.09 bits per heavy atom. The number of rotatable bonds is 7. The van der Waals surface area contributed by atoms with Crippen molar-refractivity contribution < 1.29 is 4.79 Å². The quantitative estimate of drug-likeness (QED) is 0.615. The van der Waals surface area contributed by atoms with Crippen LogP contribution >= 0.6 is 11.3 Å². The summed E-state index contributed by atoms with van der Waals surface area (Å²) in [6, 6.07) is 5.01. The Morgan fingerprint density at radius 3 is 2.84 bits per heavy atom. The number of aromatic nitrogens is 3. The molecule has 0 radical (unpaired) electrons. The fraction of sp³-hybridized carbons (Fsp3) is 0.591. The van der Waals surface area contributed by atoms with Gasteiger partial charge in [-0.15, -0.1) is 11.3 Å². The van der Waals surface area contributed by atoms with Crippen molar-refractivity contribution in [3.63, 3.8) is 0 Å². The van der Waals surface area contributed by atoms with Crippen molar-refractivity contribution in [2.75, 3.05) is 31.5 Å². The molecule has 2 N–H and O–H groups in total. The van der Waals surface area contributed by atoms with E-state index in [1.54, 1.807) is 11.6 Å². The second kappa shape index (κ2) is 10.3. The molecule has 2 aliphatic rings. The Bertz CT molecular complexity index is 963. The lowest BCUT2D eigenvalue weighted by atomic mass is 10.0. The summed E-state index contributed by atoms with van der Waals surface area (Å²) in [6.07, 6.45) is 5.68. The summed E-state index contributed by atoms with van der Waals surface area (Å²) in [4.78, 5) is 30.6. The first-order valence-corrected chi connectivity index (χ1v) is 12.1. The van der Waals surface area contributed by atoms with Gasteiger partial charge in [0.05, 0.1) is 24.3 Å². The normalized spacial score (nSPS) is 20.4. The van der Waals surface area contributed by atoms with Crippen LogP contribution in [0.1, 0.15) is 61.8 Å². The minimum Gasteiger partial charge on any atom is -0.348 e. The minimum absolute atomic E-state index is 0.134. The number of likely N-dealkylation sites (tertiary alicyclic amines) is 2. The summed E-state index contributed by atoms with van der Waals surface area (Å²) in [7, 11) is 0. The van der Waals surface area contributed by atoms with Gasteiger partial charge in [0.15, 0.2) is 5.13 Å². The fourth-order valence-electron chi connectivity index (χ4n) is 4.41. The number of thiazole rings is 1.